The van der Waals surface area contributed by atoms with E-state index in [0.717, 1.165) is 43.4 Å². The van der Waals surface area contributed by atoms with Crippen molar-refractivity contribution in [3.05, 3.63) is 84.2 Å². The number of nitrogens with one attached hydrogen (secondary N) is 2. The summed E-state index contributed by atoms with van der Waals surface area (Å²) in [6.07, 6.45) is 5.39. The van der Waals surface area contributed by atoms with Crippen LogP contribution in [0.2, 0.25) is 0 Å². The Labute approximate surface area is 221 Å². The number of hydrogen-bond acceptors (Lipinski definition) is 6. The third-order valence-corrected chi connectivity index (χ3v) is 6.95. The van der Waals surface area contributed by atoms with Crippen LogP contribution < -0.4 is 15.4 Å². The number of pyridine rings is 1. The van der Waals surface area contributed by atoms with Gasteiger partial charge in [0, 0.05) is 43.0 Å². The SMILES string of the molecule is CNC(=O)n1ccc2cc(Oc3ccnc(NC(=O)c4ccc(C5CCN(CCO)CC5)cc4)c3)ccc21. The Morgan fingerprint density at radius 3 is 2.53 bits per heavy atom. The monoisotopic (exact) mass is 513 g/mol. The van der Waals surface area contributed by atoms with E-state index in [1.807, 2.05) is 42.5 Å². The van der Waals surface area contributed by atoms with E-state index in [1.165, 1.54) is 10.1 Å². The number of aliphatic hydroxyl groups excluding tert-OH is 1. The second-order valence-corrected chi connectivity index (χ2v) is 9.36. The molecule has 0 bridgehead atoms. The first kappa shape index (κ1) is 25.4. The molecule has 0 saturated carbocycles. The van der Waals surface area contributed by atoms with Gasteiger partial charge in [0.05, 0.1) is 12.1 Å². The largest absolute Gasteiger partial charge is 0.457 e. The molecule has 1 saturated heterocycles. The summed E-state index contributed by atoms with van der Waals surface area (Å²) in [4.78, 5) is 31.4. The van der Waals surface area contributed by atoms with Crippen molar-refractivity contribution in [3.63, 3.8) is 0 Å². The van der Waals surface area contributed by atoms with Gasteiger partial charge in [0.25, 0.3) is 5.91 Å². The number of aromatic nitrogens is 2. The van der Waals surface area contributed by atoms with E-state index in [0.29, 0.717) is 28.8 Å². The number of ether oxygens (including phenoxy) is 1. The van der Waals surface area contributed by atoms with Gasteiger partial charge in [-0.05, 0) is 79.9 Å². The van der Waals surface area contributed by atoms with Crippen molar-refractivity contribution in [3.8, 4) is 11.5 Å². The lowest BCUT2D eigenvalue weighted by molar-refractivity contribution is 0.102. The Morgan fingerprint density at radius 1 is 1.03 bits per heavy atom. The van der Waals surface area contributed by atoms with Gasteiger partial charge >= 0.3 is 6.03 Å². The zero-order valence-corrected chi connectivity index (χ0v) is 21.3. The van der Waals surface area contributed by atoms with Gasteiger partial charge in [0.15, 0.2) is 0 Å². The number of aliphatic hydroxyl groups is 1. The fourth-order valence-corrected chi connectivity index (χ4v) is 4.89. The van der Waals surface area contributed by atoms with E-state index in [9.17, 15) is 9.59 Å². The summed E-state index contributed by atoms with van der Waals surface area (Å²) in [5.41, 5.74) is 2.57. The van der Waals surface area contributed by atoms with Gasteiger partial charge in [-0.15, -0.1) is 0 Å². The molecule has 2 aromatic carbocycles. The predicted octanol–water partition coefficient (Wildman–Crippen LogP) is 4.44. The van der Waals surface area contributed by atoms with E-state index < -0.39 is 0 Å². The Morgan fingerprint density at radius 2 is 1.79 bits per heavy atom. The van der Waals surface area contributed by atoms with Crippen molar-refractivity contribution in [2.45, 2.75) is 18.8 Å². The molecule has 2 aromatic heterocycles. The summed E-state index contributed by atoms with van der Waals surface area (Å²) < 4.78 is 7.53. The molecule has 2 amide bonds. The van der Waals surface area contributed by atoms with Gasteiger partial charge in [-0.1, -0.05) is 12.1 Å². The highest BCUT2D eigenvalue weighted by molar-refractivity contribution is 6.03. The van der Waals surface area contributed by atoms with Crippen LogP contribution in [-0.2, 0) is 0 Å². The first-order valence-corrected chi connectivity index (χ1v) is 12.8. The number of amides is 2. The highest BCUT2D eigenvalue weighted by Gasteiger charge is 2.20. The van der Waals surface area contributed by atoms with E-state index in [2.05, 4.69) is 20.5 Å². The third kappa shape index (κ3) is 5.69. The van der Waals surface area contributed by atoms with Gasteiger partial charge in [-0.2, -0.15) is 0 Å². The molecule has 0 aliphatic carbocycles. The molecule has 5 rings (SSSR count). The second kappa shape index (κ2) is 11.5. The minimum Gasteiger partial charge on any atom is -0.457 e. The number of piperidine rings is 1. The summed E-state index contributed by atoms with van der Waals surface area (Å²) in [6, 6.07) is 18.3. The number of fused-ring (bicyclic) bond motifs is 1. The average Bonchev–Trinajstić information content (AvgIpc) is 3.37. The second-order valence-electron chi connectivity index (χ2n) is 9.36. The van der Waals surface area contributed by atoms with Crippen LogP contribution in [0.3, 0.4) is 0 Å². The Balaban J connectivity index is 1.21. The van der Waals surface area contributed by atoms with Gasteiger partial charge < -0.3 is 25.4 Å². The molecule has 1 fully saturated rings. The van der Waals surface area contributed by atoms with Crippen LogP contribution in [0.1, 0.15) is 34.7 Å². The molecule has 9 nitrogen and oxygen atoms in total. The molecule has 0 atom stereocenters. The maximum absolute atomic E-state index is 12.9. The highest BCUT2D eigenvalue weighted by Crippen LogP contribution is 2.29. The zero-order chi connectivity index (χ0) is 26.5. The summed E-state index contributed by atoms with van der Waals surface area (Å²) in [5, 5.41) is 15.5. The first-order chi connectivity index (χ1) is 18.5. The maximum atomic E-state index is 12.9. The van der Waals surface area contributed by atoms with Crippen molar-refractivity contribution in [2.24, 2.45) is 0 Å². The fraction of sp³-hybridized carbons (Fsp3) is 0.276. The molecule has 0 radical (unpaired) electrons. The molecule has 3 heterocycles. The molecule has 4 aromatic rings. The number of carbonyl (C=O) groups excluding carboxylic acids is 2. The lowest BCUT2D eigenvalue weighted by Crippen LogP contribution is -2.34. The van der Waals surface area contributed by atoms with Crippen LogP contribution in [0, 0.1) is 0 Å². The van der Waals surface area contributed by atoms with Crippen LogP contribution in [0.25, 0.3) is 10.9 Å². The number of hydrogen-bond donors (Lipinski definition) is 3. The standard InChI is InChI=1S/C29H31N5O4/c1-30-29(37)34-15-11-23-18-24(6-7-26(23)34)38-25-8-12-31-27(19-25)32-28(36)22-4-2-20(3-5-22)21-9-13-33(14-10-21)16-17-35/h2-8,11-12,15,18-19,21,35H,9-10,13-14,16-17H2,1H3,(H,30,37)(H,31,32,36). The maximum Gasteiger partial charge on any atom is 0.325 e. The molecule has 0 spiro atoms. The number of likely N-dealkylation sites (tertiary alicyclic amines) is 1. The smallest absolute Gasteiger partial charge is 0.325 e. The molecular formula is C29H31N5O4. The number of nitrogens with zero attached hydrogens (tertiary/aromatic N) is 3. The summed E-state index contributed by atoms with van der Waals surface area (Å²) in [6.45, 7) is 2.89. The third-order valence-electron chi connectivity index (χ3n) is 6.95. The molecule has 196 valence electrons. The van der Waals surface area contributed by atoms with Crippen molar-refractivity contribution in [1.82, 2.24) is 19.8 Å². The van der Waals surface area contributed by atoms with Crippen LogP contribution in [0.15, 0.2) is 73.1 Å². The molecule has 3 N–H and O–H groups in total. The average molecular weight is 514 g/mol. The number of benzene rings is 2. The van der Waals surface area contributed by atoms with Crippen LogP contribution in [0.5, 0.6) is 11.5 Å². The van der Waals surface area contributed by atoms with Crippen LogP contribution in [0.4, 0.5) is 10.6 Å². The Kier molecular flexibility index (Phi) is 7.67. The lowest BCUT2D eigenvalue weighted by Gasteiger charge is -2.31. The molecule has 1 aliphatic rings. The number of anilines is 1. The van der Waals surface area contributed by atoms with Gasteiger partial charge in [-0.25, -0.2) is 9.78 Å². The van der Waals surface area contributed by atoms with Gasteiger partial charge in [0.2, 0.25) is 0 Å². The number of β-amino-alcohol motifs (C(OH)–C–C–N with tert-alkyl or cyclic N) is 1. The van der Waals surface area contributed by atoms with E-state index in [1.54, 1.807) is 37.6 Å². The first-order valence-electron chi connectivity index (χ1n) is 12.8. The minimum atomic E-state index is -0.240. The van der Waals surface area contributed by atoms with Crippen molar-refractivity contribution >= 4 is 28.7 Å². The number of rotatable bonds is 7. The quantitative estimate of drug-likeness (QED) is 0.337. The van der Waals surface area contributed by atoms with Crippen LogP contribution in [-0.4, -0.2) is 64.8 Å². The van der Waals surface area contributed by atoms with Crippen molar-refractivity contribution in [2.75, 3.05) is 38.6 Å². The Bertz CT molecular complexity index is 1420. The molecular weight excluding hydrogens is 482 g/mol. The molecule has 0 unspecified atom stereocenters. The number of carbonyl (C=O) groups is 2. The Hall–Kier alpha value is -4.21. The fourth-order valence-electron chi connectivity index (χ4n) is 4.89. The highest BCUT2D eigenvalue weighted by atomic mass is 16.5. The summed E-state index contributed by atoms with van der Waals surface area (Å²) in [5.74, 6) is 1.76. The van der Waals surface area contributed by atoms with Gasteiger partial charge in [-0.3, -0.25) is 9.36 Å². The zero-order valence-electron chi connectivity index (χ0n) is 21.3. The molecule has 9 heteroatoms. The van der Waals surface area contributed by atoms with E-state index >= 15 is 0 Å². The van der Waals surface area contributed by atoms with Crippen LogP contribution >= 0.6 is 0 Å². The lowest BCUT2D eigenvalue weighted by atomic mass is 9.89. The normalized spacial score (nSPS) is 14.4. The van der Waals surface area contributed by atoms with E-state index in [4.69, 9.17) is 9.84 Å². The topological polar surface area (TPSA) is 109 Å². The summed E-state index contributed by atoms with van der Waals surface area (Å²) >= 11 is 0. The van der Waals surface area contributed by atoms with Gasteiger partial charge in [0.1, 0.15) is 17.3 Å². The summed E-state index contributed by atoms with van der Waals surface area (Å²) in [7, 11) is 1.59. The van der Waals surface area contributed by atoms with Crippen molar-refractivity contribution in [1.29, 1.82) is 0 Å². The predicted molar refractivity (Wildman–Crippen MR) is 146 cm³/mol. The molecule has 38 heavy (non-hydrogen) atoms. The minimum absolute atomic E-state index is 0.198. The van der Waals surface area contributed by atoms with E-state index in [-0.39, 0.29) is 18.5 Å². The molecule has 1 aliphatic heterocycles. The van der Waals surface area contributed by atoms with Crippen molar-refractivity contribution < 1.29 is 19.4 Å².